The largest absolute Gasteiger partial charge is 0.368 e. The molecule has 3 N–H and O–H groups in total. The molecule has 4 amide bonds. The van der Waals surface area contributed by atoms with Gasteiger partial charge in [-0.15, -0.1) is 0 Å². The average Bonchev–Trinajstić information content (AvgIpc) is 3.01. The zero-order valence-corrected chi connectivity index (χ0v) is 14.1. The lowest BCUT2D eigenvalue weighted by molar-refractivity contribution is -0.142. The molecule has 0 aromatic heterocycles. The van der Waals surface area contributed by atoms with Crippen LogP contribution in [-0.4, -0.2) is 83.9 Å². The molecule has 8 heteroatoms. The maximum atomic E-state index is 12.6. The van der Waals surface area contributed by atoms with E-state index >= 15 is 0 Å². The van der Waals surface area contributed by atoms with Crippen molar-refractivity contribution in [2.75, 3.05) is 39.3 Å². The predicted octanol–water partition coefficient (Wildman–Crippen LogP) is -0.658. The summed E-state index contributed by atoms with van der Waals surface area (Å²) in [6.07, 6.45) is 4.33. The number of urea groups is 1. The second kappa shape index (κ2) is 7.38. The zero-order valence-electron chi connectivity index (χ0n) is 14.1. The lowest BCUT2D eigenvalue weighted by Crippen LogP contribution is -2.54. The lowest BCUT2D eigenvalue weighted by Gasteiger charge is -2.38. The van der Waals surface area contributed by atoms with E-state index in [0.29, 0.717) is 19.5 Å². The van der Waals surface area contributed by atoms with Crippen molar-refractivity contribution in [3.63, 3.8) is 0 Å². The molecule has 0 aromatic rings. The fourth-order valence-corrected chi connectivity index (χ4v) is 4.03. The molecule has 0 bridgehead atoms. The van der Waals surface area contributed by atoms with Crippen molar-refractivity contribution in [2.24, 2.45) is 5.73 Å². The van der Waals surface area contributed by atoms with Crippen LogP contribution in [0.1, 0.15) is 32.1 Å². The van der Waals surface area contributed by atoms with Gasteiger partial charge in [-0.2, -0.15) is 0 Å². The van der Waals surface area contributed by atoms with Gasteiger partial charge in [0.05, 0.1) is 6.54 Å². The number of primary amides is 1. The number of hydrogen-bond donors (Lipinski definition) is 2. The number of nitrogens with one attached hydrogen (secondary N) is 1. The van der Waals surface area contributed by atoms with Gasteiger partial charge in [0, 0.05) is 38.8 Å². The number of likely N-dealkylation sites (tertiary alicyclic amines) is 2. The summed E-state index contributed by atoms with van der Waals surface area (Å²) < 4.78 is 0. The Morgan fingerprint density at radius 2 is 1.83 bits per heavy atom. The second-order valence-electron chi connectivity index (χ2n) is 6.93. The van der Waals surface area contributed by atoms with E-state index in [4.69, 9.17) is 5.73 Å². The minimum Gasteiger partial charge on any atom is -0.368 e. The third-order valence-corrected chi connectivity index (χ3v) is 5.40. The lowest BCUT2D eigenvalue weighted by atomic mass is 10.0. The molecule has 0 aliphatic carbocycles. The minimum atomic E-state index is -0.447. The molecule has 3 fully saturated rings. The van der Waals surface area contributed by atoms with Crippen LogP contribution in [0.2, 0.25) is 0 Å². The van der Waals surface area contributed by atoms with E-state index in [2.05, 4.69) is 10.2 Å². The molecular formula is C16H27N5O3. The molecule has 24 heavy (non-hydrogen) atoms. The highest BCUT2D eigenvalue weighted by Crippen LogP contribution is 2.20. The summed E-state index contributed by atoms with van der Waals surface area (Å²) in [7, 11) is 0. The average molecular weight is 337 g/mol. The van der Waals surface area contributed by atoms with E-state index in [1.807, 2.05) is 4.90 Å². The summed E-state index contributed by atoms with van der Waals surface area (Å²) in [6.45, 7) is 4.06. The number of piperidine rings is 2. The summed E-state index contributed by atoms with van der Waals surface area (Å²) in [5.74, 6) is -0.405. The van der Waals surface area contributed by atoms with Crippen LogP contribution in [-0.2, 0) is 9.59 Å². The van der Waals surface area contributed by atoms with E-state index in [1.54, 1.807) is 4.90 Å². The number of carbonyl (C=O) groups is 3. The monoisotopic (exact) mass is 337 g/mol. The molecule has 0 aromatic carbocycles. The van der Waals surface area contributed by atoms with Gasteiger partial charge in [-0.3, -0.25) is 14.5 Å². The SMILES string of the molecule is NC(=O)[C@@H]1CCCCN1C(=O)CN1CCC(N2CCNC2=O)CC1. The Morgan fingerprint density at radius 3 is 2.46 bits per heavy atom. The van der Waals surface area contributed by atoms with Crippen molar-refractivity contribution in [3.8, 4) is 0 Å². The second-order valence-corrected chi connectivity index (χ2v) is 6.93. The Kier molecular flexibility index (Phi) is 5.23. The van der Waals surface area contributed by atoms with Gasteiger partial charge in [-0.25, -0.2) is 4.79 Å². The van der Waals surface area contributed by atoms with Crippen LogP contribution in [0.25, 0.3) is 0 Å². The molecule has 0 saturated carbocycles. The van der Waals surface area contributed by atoms with Gasteiger partial charge >= 0.3 is 6.03 Å². The topological polar surface area (TPSA) is 99.0 Å². The molecule has 0 spiro atoms. The van der Waals surface area contributed by atoms with Gasteiger partial charge < -0.3 is 20.9 Å². The third kappa shape index (κ3) is 3.63. The van der Waals surface area contributed by atoms with Crippen molar-refractivity contribution in [2.45, 2.75) is 44.2 Å². The third-order valence-electron chi connectivity index (χ3n) is 5.40. The van der Waals surface area contributed by atoms with Crippen molar-refractivity contribution in [1.29, 1.82) is 0 Å². The number of amides is 4. The number of nitrogens with two attached hydrogens (primary N) is 1. The zero-order chi connectivity index (χ0) is 17.1. The first-order valence-electron chi connectivity index (χ1n) is 8.92. The Labute approximate surface area is 142 Å². The summed E-state index contributed by atoms with van der Waals surface area (Å²) in [4.78, 5) is 41.6. The standard InChI is InChI=1S/C16H27N5O3/c17-15(23)13-3-1-2-7-21(13)14(22)11-19-8-4-12(5-9-19)20-10-6-18-16(20)24/h12-13H,1-11H2,(H2,17,23)(H,18,24)/t13-/m0/s1. The fraction of sp³-hybridized carbons (Fsp3) is 0.812. The molecule has 3 rings (SSSR count). The highest BCUT2D eigenvalue weighted by atomic mass is 16.2. The maximum absolute atomic E-state index is 12.6. The van der Waals surface area contributed by atoms with E-state index < -0.39 is 11.9 Å². The Bertz CT molecular complexity index is 504. The molecule has 3 heterocycles. The molecule has 8 nitrogen and oxygen atoms in total. The van der Waals surface area contributed by atoms with Crippen molar-refractivity contribution >= 4 is 17.8 Å². The van der Waals surface area contributed by atoms with Crippen molar-refractivity contribution in [1.82, 2.24) is 20.0 Å². The highest BCUT2D eigenvalue weighted by molar-refractivity contribution is 5.87. The molecular weight excluding hydrogens is 310 g/mol. The van der Waals surface area contributed by atoms with E-state index in [0.717, 1.165) is 51.9 Å². The van der Waals surface area contributed by atoms with E-state index in [1.165, 1.54) is 0 Å². The smallest absolute Gasteiger partial charge is 0.317 e. The van der Waals surface area contributed by atoms with Crippen molar-refractivity contribution in [3.05, 3.63) is 0 Å². The van der Waals surface area contributed by atoms with Crippen LogP contribution in [0.15, 0.2) is 0 Å². The predicted molar refractivity (Wildman–Crippen MR) is 88.1 cm³/mol. The molecule has 3 aliphatic heterocycles. The number of nitrogens with zero attached hydrogens (tertiary/aromatic N) is 3. The van der Waals surface area contributed by atoms with Crippen molar-refractivity contribution < 1.29 is 14.4 Å². The summed E-state index contributed by atoms with van der Waals surface area (Å²) in [5, 5.41) is 2.84. The first-order chi connectivity index (χ1) is 11.6. The molecule has 0 radical (unpaired) electrons. The molecule has 3 saturated heterocycles. The van der Waals surface area contributed by atoms with Crippen LogP contribution < -0.4 is 11.1 Å². The van der Waals surface area contributed by atoms with Gasteiger partial charge in [-0.1, -0.05) is 0 Å². The summed E-state index contributed by atoms with van der Waals surface area (Å²) >= 11 is 0. The van der Waals surface area contributed by atoms with Gasteiger partial charge in [0.25, 0.3) is 0 Å². The molecule has 1 atom stereocenters. The number of rotatable bonds is 4. The van der Waals surface area contributed by atoms with Gasteiger partial charge in [0.2, 0.25) is 11.8 Å². The van der Waals surface area contributed by atoms with Crippen LogP contribution in [0.4, 0.5) is 4.79 Å². The highest BCUT2D eigenvalue weighted by Gasteiger charge is 2.34. The van der Waals surface area contributed by atoms with E-state index in [9.17, 15) is 14.4 Å². The Hall–Kier alpha value is -1.83. The summed E-state index contributed by atoms with van der Waals surface area (Å²) in [5.41, 5.74) is 5.44. The maximum Gasteiger partial charge on any atom is 0.317 e. The Morgan fingerprint density at radius 1 is 1.08 bits per heavy atom. The normalized spacial score (nSPS) is 26.5. The summed E-state index contributed by atoms with van der Waals surface area (Å²) in [6, 6.07) is -0.147. The number of carbonyl (C=O) groups excluding carboxylic acids is 3. The van der Waals surface area contributed by atoms with Gasteiger partial charge in [0.1, 0.15) is 6.04 Å². The molecule has 134 valence electrons. The number of hydrogen-bond acceptors (Lipinski definition) is 4. The minimum absolute atomic E-state index is 0.00383. The van der Waals surface area contributed by atoms with Crippen LogP contribution in [0.3, 0.4) is 0 Å². The first-order valence-corrected chi connectivity index (χ1v) is 8.92. The molecule has 3 aliphatic rings. The van der Waals surface area contributed by atoms with Gasteiger partial charge in [0.15, 0.2) is 0 Å². The van der Waals surface area contributed by atoms with E-state index in [-0.39, 0.29) is 18.0 Å². The van der Waals surface area contributed by atoms with Crippen LogP contribution in [0.5, 0.6) is 0 Å². The molecule has 0 unspecified atom stereocenters. The quantitative estimate of drug-likeness (QED) is 0.711. The fourth-order valence-electron chi connectivity index (χ4n) is 4.03. The van der Waals surface area contributed by atoms with Gasteiger partial charge in [-0.05, 0) is 32.1 Å². The van der Waals surface area contributed by atoms with Crippen LogP contribution >= 0.6 is 0 Å². The first kappa shape index (κ1) is 17.0. The Balaban J connectivity index is 1.49. The van der Waals surface area contributed by atoms with Crippen LogP contribution in [0, 0.1) is 0 Å².